The molecule has 0 bridgehead atoms. The van der Waals surface area contributed by atoms with Crippen LogP contribution in [-0.2, 0) is 6.42 Å². The molecule has 0 spiro atoms. The maximum atomic E-state index is 3.73. The van der Waals surface area contributed by atoms with Gasteiger partial charge in [0, 0.05) is 14.6 Å². The summed E-state index contributed by atoms with van der Waals surface area (Å²) in [4.78, 5) is 1.42. The van der Waals surface area contributed by atoms with Crippen LogP contribution in [0.15, 0.2) is 27.6 Å². The summed E-state index contributed by atoms with van der Waals surface area (Å²) in [7, 11) is 0. The van der Waals surface area contributed by atoms with Crippen LogP contribution in [0.1, 0.15) is 31.2 Å². The standard InChI is InChI=1S/C15H20BrNS/c16-14-9-11(8-12-2-1-7-17-10-12)3-6-15(14)18-13-4-5-13/h3,6,9,12-13,17H,1-2,4-5,7-8,10H2. The predicted molar refractivity (Wildman–Crippen MR) is 82.3 cm³/mol. The van der Waals surface area contributed by atoms with Gasteiger partial charge in [-0.15, -0.1) is 11.8 Å². The van der Waals surface area contributed by atoms with Gasteiger partial charge in [0.15, 0.2) is 0 Å². The van der Waals surface area contributed by atoms with E-state index in [0.29, 0.717) is 0 Å². The van der Waals surface area contributed by atoms with Gasteiger partial charge in [-0.25, -0.2) is 0 Å². The molecule has 1 saturated carbocycles. The lowest BCUT2D eigenvalue weighted by Gasteiger charge is -2.22. The monoisotopic (exact) mass is 325 g/mol. The first-order chi connectivity index (χ1) is 8.81. The largest absolute Gasteiger partial charge is 0.316 e. The van der Waals surface area contributed by atoms with Crippen molar-refractivity contribution in [1.82, 2.24) is 5.32 Å². The summed E-state index contributed by atoms with van der Waals surface area (Å²) in [5.41, 5.74) is 1.48. The lowest BCUT2D eigenvalue weighted by atomic mass is 9.92. The van der Waals surface area contributed by atoms with Crippen molar-refractivity contribution in [2.75, 3.05) is 13.1 Å². The lowest BCUT2D eigenvalue weighted by Crippen LogP contribution is -2.30. The molecule has 1 heterocycles. The first kappa shape index (κ1) is 13.0. The molecule has 0 amide bonds. The number of halogens is 1. The average Bonchev–Trinajstić information content (AvgIpc) is 3.18. The van der Waals surface area contributed by atoms with Crippen LogP contribution in [0, 0.1) is 5.92 Å². The molecule has 1 aliphatic heterocycles. The minimum atomic E-state index is 0.826. The molecule has 1 aliphatic carbocycles. The summed E-state index contributed by atoms with van der Waals surface area (Å²) in [6.45, 7) is 2.40. The van der Waals surface area contributed by atoms with E-state index in [1.54, 1.807) is 0 Å². The Morgan fingerprint density at radius 3 is 2.83 bits per heavy atom. The van der Waals surface area contributed by atoms with E-state index in [1.807, 2.05) is 11.8 Å². The molecular weight excluding hydrogens is 306 g/mol. The number of hydrogen-bond donors (Lipinski definition) is 1. The van der Waals surface area contributed by atoms with E-state index in [9.17, 15) is 0 Å². The Kier molecular flexibility index (Phi) is 4.32. The Morgan fingerprint density at radius 2 is 2.17 bits per heavy atom. The number of benzene rings is 1. The van der Waals surface area contributed by atoms with Crippen LogP contribution in [0.3, 0.4) is 0 Å². The third kappa shape index (κ3) is 3.52. The average molecular weight is 326 g/mol. The zero-order chi connectivity index (χ0) is 12.4. The number of nitrogens with one attached hydrogen (secondary N) is 1. The highest BCUT2D eigenvalue weighted by Crippen LogP contribution is 2.42. The van der Waals surface area contributed by atoms with Gasteiger partial charge in [-0.2, -0.15) is 0 Å². The van der Waals surface area contributed by atoms with Gasteiger partial charge < -0.3 is 5.32 Å². The molecule has 3 heteroatoms. The van der Waals surface area contributed by atoms with E-state index >= 15 is 0 Å². The molecule has 1 saturated heterocycles. The second-order valence-electron chi connectivity index (χ2n) is 5.50. The van der Waals surface area contributed by atoms with E-state index < -0.39 is 0 Å². The van der Waals surface area contributed by atoms with E-state index in [-0.39, 0.29) is 0 Å². The van der Waals surface area contributed by atoms with Gasteiger partial charge in [-0.1, -0.05) is 6.07 Å². The summed E-state index contributed by atoms with van der Waals surface area (Å²) in [6.07, 6.45) is 6.73. The molecule has 2 aliphatic rings. The van der Waals surface area contributed by atoms with Gasteiger partial charge in [-0.05, 0) is 84.7 Å². The van der Waals surface area contributed by atoms with Crippen LogP contribution >= 0.6 is 27.7 Å². The third-order valence-corrected chi connectivity index (χ3v) is 6.07. The molecular formula is C15H20BrNS. The van der Waals surface area contributed by atoms with Crippen molar-refractivity contribution in [3.05, 3.63) is 28.2 Å². The number of thioether (sulfide) groups is 1. The maximum absolute atomic E-state index is 3.73. The lowest BCUT2D eigenvalue weighted by molar-refractivity contribution is 0.376. The van der Waals surface area contributed by atoms with E-state index in [1.165, 1.54) is 60.1 Å². The molecule has 1 nitrogen and oxygen atoms in total. The molecule has 1 N–H and O–H groups in total. The first-order valence-electron chi connectivity index (χ1n) is 6.97. The molecule has 1 aromatic carbocycles. The number of hydrogen-bond acceptors (Lipinski definition) is 2. The van der Waals surface area contributed by atoms with Gasteiger partial charge in [-0.3, -0.25) is 0 Å². The summed E-state index contributed by atoms with van der Waals surface area (Å²) in [6, 6.07) is 6.96. The Labute approximate surface area is 122 Å². The second-order valence-corrected chi connectivity index (χ2v) is 7.70. The summed E-state index contributed by atoms with van der Waals surface area (Å²) >= 11 is 5.76. The van der Waals surface area contributed by atoms with Crippen LogP contribution in [0.2, 0.25) is 0 Å². The third-order valence-electron chi connectivity index (χ3n) is 3.74. The van der Waals surface area contributed by atoms with E-state index in [0.717, 1.165) is 11.2 Å². The zero-order valence-electron chi connectivity index (χ0n) is 10.6. The van der Waals surface area contributed by atoms with Crippen LogP contribution in [-0.4, -0.2) is 18.3 Å². The number of piperidine rings is 1. The minimum absolute atomic E-state index is 0.826. The summed E-state index contributed by atoms with van der Waals surface area (Å²) < 4.78 is 1.29. The first-order valence-corrected chi connectivity index (χ1v) is 8.64. The minimum Gasteiger partial charge on any atom is -0.316 e. The normalized spacial score (nSPS) is 24.2. The quantitative estimate of drug-likeness (QED) is 0.888. The van der Waals surface area contributed by atoms with Gasteiger partial charge in [0.25, 0.3) is 0 Å². The predicted octanol–water partition coefficient (Wildman–Crippen LogP) is 4.25. The fourth-order valence-electron chi connectivity index (χ4n) is 2.56. The fourth-order valence-corrected chi connectivity index (χ4v) is 4.32. The Balaban J connectivity index is 1.63. The summed E-state index contributed by atoms with van der Waals surface area (Å²) in [5, 5.41) is 4.38. The fraction of sp³-hybridized carbons (Fsp3) is 0.600. The molecule has 1 unspecified atom stereocenters. The molecule has 98 valence electrons. The second kappa shape index (κ2) is 5.98. The van der Waals surface area contributed by atoms with Crippen molar-refractivity contribution in [2.24, 2.45) is 5.92 Å². The molecule has 1 aromatic rings. The summed E-state index contributed by atoms with van der Waals surface area (Å²) in [5.74, 6) is 0.826. The van der Waals surface area contributed by atoms with E-state index in [4.69, 9.17) is 0 Å². The molecule has 2 fully saturated rings. The highest BCUT2D eigenvalue weighted by atomic mass is 79.9. The van der Waals surface area contributed by atoms with Crippen LogP contribution in [0.5, 0.6) is 0 Å². The van der Waals surface area contributed by atoms with Crippen molar-refractivity contribution >= 4 is 27.7 Å². The van der Waals surface area contributed by atoms with Gasteiger partial charge in [0.2, 0.25) is 0 Å². The van der Waals surface area contributed by atoms with Gasteiger partial charge >= 0.3 is 0 Å². The van der Waals surface area contributed by atoms with E-state index in [2.05, 4.69) is 39.4 Å². The van der Waals surface area contributed by atoms with Gasteiger partial charge in [0.1, 0.15) is 0 Å². The van der Waals surface area contributed by atoms with Crippen molar-refractivity contribution in [3.63, 3.8) is 0 Å². The topological polar surface area (TPSA) is 12.0 Å². The molecule has 0 radical (unpaired) electrons. The molecule has 3 rings (SSSR count). The smallest absolute Gasteiger partial charge is 0.0314 e. The van der Waals surface area contributed by atoms with Crippen LogP contribution in [0.25, 0.3) is 0 Å². The molecule has 18 heavy (non-hydrogen) atoms. The Morgan fingerprint density at radius 1 is 1.28 bits per heavy atom. The molecule has 1 atom stereocenters. The Bertz CT molecular complexity index is 411. The molecule has 0 aromatic heterocycles. The van der Waals surface area contributed by atoms with Crippen molar-refractivity contribution in [3.8, 4) is 0 Å². The van der Waals surface area contributed by atoms with Crippen molar-refractivity contribution < 1.29 is 0 Å². The number of rotatable bonds is 4. The van der Waals surface area contributed by atoms with Crippen molar-refractivity contribution in [2.45, 2.75) is 42.2 Å². The highest BCUT2D eigenvalue weighted by Gasteiger charge is 2.23. The highest BCUT2D eigenvalue weighted by molar-refractivity contribution is 9.10. The zero-order valence-corrected chi connectivity index (χ0v) is 13.0. The van der Waals surface area contributed by atoms with Crippen molar-refractivity contribution in [1.29, 1.82) is 0 Å². The maximum Gasteiger partial charge on any atom is 0.0314 e. The SMILES string of the molecule is Brc1cc(CC2CCCNC2)ccc1SC1CC1. The van der Waals surface area contributed by atoms with Gasteiger partial charge in [0.05, 0.1) is 0 Å². The van der Waals surface area contributed by atoms with Crippen LogP contribution < -0.4 is 5.32 Å². The van der Waals surface area contributed by atoms with Crippen LogP contribution in [0.4, 0.5) is 0 Å². The Hall–Kier alpha value is 0.01000.